The van der Waals surface area contributed by atoms with Gasteiger partial charge in [-0.25, -0.2) is 18.2 Å². The minimum Gasteiger partial charge on any atom is -0.451 e. The fourth-order valence-electron chi connectivity index (χ4n) is 3.12. The molecule has 0 saturated carbocycles. The van der Waals surface area contributed by atoms with E-state index in [1.54, 1.807) is 36.6 Å². The van der Waals surface area contributed by atoms with E-state index in [0.717, 1.165) is 0 Å². The molecule has 2 heterocycles. The van der Waals surface area contributed by atoms with Gasteiger partial charge in [0.25, 0.3) is 5.91 Å². The molecule has 2 aromatic heterocycles. The van der Waals surface area contributed by atoms with Crippen molar-refractivity contribution in [3.05, 3.63) is 54.4 Å². The topological polar surface area (TPSA) is 110 Å². The molecule has 1 aromatic carbocycles. The highest BCUT2D eigenvalue weighted by atomic mass is 32.2. The van der Waals surface area contributed by atoms with E-state index < -0.39 is 28.5 Å². The van der Waals surface area contributed by atoms with Crippen LogP contribution >= 0.6 is 11.8 Å². The molecule has 0 radical (unpaired) electrons. The maximum Gasteiger partial charge on any atom is 0.359 e. The summed E-state index contributed by atoms with van der Waals surface area (Å²) in [6.45, 7) is 3.77. The predicted molar refractivity (Wildman–Crippen MR) is 122 cm³/mol. The van der Waals surface area contributed by atoms with Gasteiger partial charge in [-0.1, -0.05) is 31.7 Å². The molecule has 0 bridgehead atoms. The number of nitrogens with zero attached hydrogens (tertiary/aromatic N) is 3. The van der Waals surface area contributed by atoms with E-state index in [-0.39, 0.29) is 10.6 Å². The number of nitrogens with one attached hydrogen (secondary N) is 1. The van der Waals surface area contributed by atoms with Crippen LogP contribution in [0.1, 0.15) is 24.3 Å². The number of fused-ring (bicyclic) bond motifs is 1. The van der Waals surface area contributed by atoms with E-state index in [2.05, 4.69) is 10.3 Å². The molecule has 0 saturated heterocycles. The normalized spacial score (nSPS) is 11.6. The van der Waals surface area contributed by atoms with Crippen LogP contribution in [0.5, 0.6) is 0 Å². The number of thioether (sulfide) groups is 1. The third-order valence-electron chi connectivity index (χ3n) is 4.71. The lowest BCUT2D eigenvalue weighted by molar-refractivity contribution is -0.119. The summed E-state index contributed by atoms with van der Waals surface area (Å²) >= 11 is 1.39. The number of ether oxygens (including phenoxy) is 1. The zero-order valence-corrected chi connectivity index (χ0v) is 19.6. The largest absolute Gasteiger partial charge is 0.451 e. The van der Waals surface area contributed by atoms with Crippen molar-refractivity contribution in [3.63, 3.8) is 0 Å². The van der Waals surface area contributed by atoms with Crippen molar-refractivity contribution in [2.75, 3.05) is 31.3 Å². The van der Waals surface area contributed by atoms with E-state index in [0.29, 0.717) is 29.5 Å². The average molecular weight is 477 g/mol. The Bertz CT molecular complexity index is 1220. The summed E-state index contributed by atoms with van der Waals surface area (Å²) < 4.78 is 33.3. The highest BCUT2D eigenvalue weighted by Crippen LogP contribution is 2.21. The summed E-state index contributed by atoms with van der Waals surface area (Å²) in [6, 6.07) is 11.2. The van der Waals surface area contributed by atoms with Crippen LogP contribution in [0.25, 0.3) is 5.52 Å². The molecule has 0 fully saturated rings. The fourth-order valence-corrected chi connectivity index (χ4v) is 5.12. The maximum atomic E-state index is 12.5. The highest BCUT2D eigenvalue weighted by Gasteiger charge is 2.22. The van der Waals surface area contributed by atoms with Gasteiger partial charge in [-0.3, -0.25) is 9.20 Å². The fraction of sp³-hybridized carbons (Fsp3) is 0.286. The van der Waals surface area contributed by atoms with Crippen molar-refractivity contribution in [2.24, 2.45) is 0 Å². The Labute approximate surface area is 190 Å². The number of benzene rings is 1. The van der Waals surface area contributed by atoms with Crippen molar-refractivity contribution < 1.29 is 22.7 Å². The number of imidazole rings is 1. The number of amides is 1. The van der Waals surface area contributed by atoms with Gasteiger partial charge in [0, 0.05) is 25.0 Å². The van der Waals surface area contributed by atoms with Gasteiger partial charge in [-0.05, 0) is 42.7 Å². The predicted octanol–water partition coefficient (Wildman–Crippen LogP) is 2.88. The third kappa shape index (κ3) is 4.95. The van der Waals surface area contributed by atoms with Crippen LogP contribution in [-0.4, -0.2) is 59.9 Å². The van der Waals surface area contributed by atoms with Gasteiger partial charge in [0.1, 0.15) is 0 Å². The smallest absolute Gasteiger partial charge is 0.359 e. The quantitative estimate of drug-likeness (QED) is 0.373. The number of pyridine rings is 1. The molecule has 0 spiro atoms. The first kappa shape index (κ1) is 23.8. The standard InChI is InChI=1S/C21H24N4O5S2/c1-4-24(5-2)32(28,29)16-11-9-15(10-12-16)22-18(26)14-30-20(27)19-17-8-6-7-13-25(17)21(23-19)31-3/h6-13H,4-5,14H2,1-3H3,(H,22,26). The van der Waals surface area contributed by atoms with Crippen LogP contribution in [0.3, 0.4) is 0 Å². The molecule has 1 amide bonds. The molecule has 3 aromatic rings. The van der Waals surface area contributed by atoms with Gasteiger partial charge < -0.3 is 10.1 Å². The minimum absolute atomic E-state index is 0.133. The van der Waals surface area contributed by atoms with Crippen molar-refractivity contribution >= 4 is 44.9 Å². The number of hydrogen-bond donors (Lipinski definition) is 1. The van der Waals surface area contributed by atoms with Crippen LogP contribution in [0.4, 0.5) is 5.69 Å². The Morgan fingerprint density at radius 3 is 2.44 bits per heavy atom. The molecule has 170 valence electrons. The molecule has 0 aliphatic carbocycles. The summed E-state index contributed by atoms with van der Waals surface area (Å²) in [5, 5.41) is 3.22. The van der Waals surface area contributed by atoms with Crippen LogP contribution < -0.4 is 5.32 Å². The Morgan fingerprint density at radius 1 is 1.12 bits per heavy atom. The Morgan fingerprint density at radius 2 is 1.81 bits per heavy atom. The number of sulfonamides is 1. The van der Waals surface area contributed by atoms with Gasteiger partial charge in [-0.2, -0.15) is 4.31 Å². The summed E-state index contributed by atoms with van der Waals surface area (Å²) in [5.41, 5.74) is 1.11. The maximum absolute atomic E-state index is 12.5. The van der Waals surface area contributed by atoms with Gasteiger partial charge in [-0.15, -0.1) is 0 Å². The minimum atomic E-state index is -3.58. The first-order valence-electron chi connectivity index (χ1n) is 9.90. The molecule has 1 N–H and O–H groups in total. The number of hydrogen-bond acceptors (Lipinski definition) is 7. The van der Waals surface area contributed by atoms with Crippen LogP contribution in [0, 0.1) is 0 Å². The lowest BCUT2D eigenvalue weighted by atomic mass is 10.3. The van der Waals surface area contributed by atoms with E-state index in [1.165, 1.54) is 40.3 Å². The number of esters is 1. The second-order valence-corrected chi connectivity index (χ2v) is 9.35. The molecule has 0 atom stereocenters. The first-order chi connectivity index (χ1) is 15.3. The zero-order valence-electron chi connectivity index (χ0n) is 17.9. The Kier molecular flexibility index (Phi) is 7.54. The van der Waals surface area contributed by atoms with E-state index in [1.807, 2.05) is 12.3 Å². The zero-order chi connectivity index (χ0) is 23.3. The summed E-state index contributed by atoms with van der Waals surface area (Å²) in [7, 11) is -3.58. The molecular formula is C21H24N4O5S2. The Hall–Kier alpha value is -2.89. The monoisotopic (exact) mass is 476 g/mol. The van der Waals surface area contributed by atoms with E-state index in [9.17, 15) is 18.0 Å². The number of carbonyl (C=O) groups is 2. The highest BCUT2D eigenvalue weighted by molar-refractivity contribution is 7.98. The molecule has 0 unspecified atom stereocenters. The van der Waals surface area contributed by atoms with Gasteiger partial charge in [0.15, 0.2) is 17.5 Å². The molecular weight excluding hydrogens is 452 g/mol. The average Bonchev–Trinajstić information content (AvgIpc) is 3.17. The second kappa shape index (κ2) is 10.2. The van der Waals surface area contributed by atoms with E-state index >= 15 is 0 Å². The van der Waals surface area contributed by atoms with E-state index in [4.69, 9.17) is 4.74 Å². The van der Waals surface area contributed by atoms with Crippen molar-refractivity contribution in [2.45, 2.75) is 23.9 Å². The molecule has 0 aliphatic heterocycles. The second-order valence-electron chi connectivity index (χ2n) is 6.64. The lowest BCUT2D eigenvalue weighted by Crippen LogP contribution is -2.30. The van der Waals surface area contributed by atoms with Crippen LogP contribution in [-0.2, 0) is 19.6 Å². The number of anilines is 1. The van der Waals surface area contributed by atoms with Gasteiger partial charge >= 0.3 is 5.97 Å². The van der Waals surface area contributed by atoms with Gasteiger partial charge in [0.05, 0.1) is 10.4 Å². The van der Waals surface area contributed by atoms with Crippen molar-refractivity contribution in [3.8, 4) is 0 Å². The van der Waals surface area contributed by atoms with Crippen LogP contribution in [0.15, 0.2) is 58.7 Å². The number of rotatable bonds is 9. The molecule has 0 aliphatic rings. The molecule has 32 heavy (non-hydrogen) atoms. The number of aromatic nitrogens is 2. The lowest BCUT2D eigenvalue weighted by Gasteiger charge is -2.18. The summed E-state index contributed by atoms with van der Waals surface area (Å²) in [6.07, 6.45) is 3.64. The van der Waals surface area contributed by atoms with Crippen molar-refractivity contribution in [1.29, 1.82) is 0 Å². The molecule has 3 rings (SSSR count). The molecule has 11 heteroatoms. The van der Waals surface area contributed by atoms with Crippen LogP contribution in [0.2, 0.25) is 0 Å². The third-order valence-corrected chi connectivity index (χ3v) is 7.42. The molecule has 9 nitrogen and oxygen atoms in total. The van der Waals surface area contributed by atoms with Crippen molar-refractivity contribution in [1.82, 2.24) is 13.7 Å². The first-order valence-corrected chi connectivity index (χ1v) is 12.6. The van der Waals surface area contributed by atoms with Gasteiger partial charge in [0.2, 0.25) is 10.0 Å². The summed E-state index contributed by atoms with van der Waals surface area (Å²) in [4.78, 5) is 29.1. The Balaban J connectivity index is 1.63. The summed E-state index contributed by atoms with van der Waals surface area (Å²) in [5.74, 6) is -1.25. The number of carbonyl (C=O) groups excluding carboxylic acids is 2. The SMILES string of the molecule is CCN(CC)S(=O)(=O)c1ccc(NC(=O)COC(=O)c2nc(SC)n3ccccc23)cc1.